The van der Waals surface area contributed by atoms with E-state index in [1.807, 2.05) is 12.1 Å². The highest BCUT2D eigenvalue weighted by molar-refractivity contribution is 5.90. The van der Waals surface area contributed by atoms with Crippen molar-refractivity contribution in [3.05, 3.63) is 59.4 Å². The molecule has 0 spiro atoms. The van der Waals surface area contributed by atoms with E-state index in [0.29, 0.717) is 11.1 Å². The number of benzene rings is 2. The summed E-state index contributed by atoms with van der Waals surface area (Å²) in [5.74, 6) is 0.415. The van der Waals surface area contributed by atoms with Crippen LogP contribution in [-0.2, 0) is 0 Å². The SMILES string of the molecule is COc1cc(N2CCCC2)ccc1/C=C(/C#N)c1ccc(F)cc1. The lowest BCUT2D eigenvalue weighted by Gasteiger charge is -2.19. The molecule has 0 amide bonds. The predicted molar refractivity (Wildman–Crippen MR) is 94.3 cm³/mol. The fraction of sp³-hybridized carbons (Fsp3) is 0.250. The molecule has 3 nitrogen and oxygen atoms in total. The van der Waals surface area contributed by atoms with Gasteiger partial charge in [-0.25, -0.2) is 4.39 Å². The van der Waals surface area contributed by atoms with Gasteiger partial charge >= 0.3 is 0 Å². The molecule has 1 aliphatic rings. The molecule has 0 bridgehead atoms. The van der Waals surface area contributed by atoms with Gasteiger partial charge in [-0.05, 0) is 48.7 Å². The molecule has 0 saturated carbocycles. The van der Waals surface area contributed by atoms with E-state index >= 15 is 0 Å². The molecule has 1 aliphatic heterocycles. The van der Waals surface area contributed by atoms with E-state index in [2.05, 4.69) is 17.0 Å². The predicted octanol–water partition coefficient (Wildman–Crippen LogP) is 4.50. The minimum atomic E-state index is -0.316. The first-order chi connectivity index (χ1) is 11.7. The number of anilines is 1. The van der Waals surface area contributed by atoms with Crippen molar-refractivity contribution in [2.45, 2.75) is 12.8 Å². The van der Waals surface area contributed by atoms with E-state index < -0.39 is 0 Å². The summed E-state index contributed by atoms with van der Waals surface area (Å²) < 4.78 is 18.6. The average Bonchev–Trinajstić information content (AvgIpc) is 3.15. The van der Waals surface area contributed by atoms with Gasteiger partial charge in [-0.2, -0.15) is 5.26 Å². The van der Waals surface area contributed by atoms with Gasteiger partial charge in [0.15, 0.2) is 0 Å². The second-order valence-electron chi connectivity index (χ2n) is 5.80. The second-order valence-corrected chi connectivity index (χ2v) is 5.80. The van der Waals surface area contributed by atoms with Crippen LogP contribution in [-0.4, -0.2) is 20.2 Å². The summed E-state index contributed by atoms with van der Waals surface area (Å²) >= 11 is 0. The molecule has 1 fully saturated rings. The molecule has 1 saturated heterocycles. The molecule has 122 valence electrons. The molecule has 2 aromatic rings. The molecule has 1 heterocycles. The lowest BCUT2D eigenvalue weighted by Crippen LogP contribution is -2.17. The minimum absolute atomic E-state index is 0.316. The lowest BCUT2D eigenvalue weighted by atomic mass is 10.0. The van der Waals surface area contributed by atoms with Crippen LogP contribution in [0.3, 0.4) is 0 Å². The topological polar surface area (TPSA) is 36.3 Å². The smallest absolute Gasteiger partial charge is 0.128 e. The summed E-state index contributed by atoms with van der Waals surface area (Å²) in [6.45, 7) is 2.13. The van der Waals surface area contributed by atoms with E-state index in [-0.39, 0.29) is 5.82 Å². The maximum Gasteiger partial charge on any atom is 0.128 e. The van der Waals surface area contributed by atoms with Crippen LogP contribution in [0.15, 0.2) is 42.5 Å². The third-order valence-corrected chi connectivity index (χ3v) is 4.26. The van der Waals surface area contributed by atoms with Crippen molar-refractivity contribution in [2.75, 3.05) is 25.1 Å². The molecular formula is C20H19FN2O. The Bertz CT molecular complexity index is 784. The van der Waals surface area contributed by atoms with Crippen molar-refractivity contribution < 1.29 is 9.13 Å². The molecule has 0 unspecified atom stereocenters. The third-order valence-electron chi connectivity index (χ3n) is 4.26. The van der Waals surface area contributed by atoms with Gasteiger partial charge in [0.05, 0.1) is 18.8 Å². The van der Waals surface area contributed by atoms with Crippen LogP contribution in [0.5, 0.6) is 5.75 Å². The largest absolute Gasteiger partial charge is 0.496 e. The molecule has 0 N–H and O–H groups in total. The Kier molecular flexibility index (Phi) is 4.81. The van der Waals surface area contributed by atoms with E-state index in [9.17, 15) is 9.65 Å². The standard InChI is InChI=1S/C20H19FN2O/c1-24-20-13-19(23-10-2-3-11-23)9-6-16(20)12-17(14-22)15-4-7-18(21)8-5-15/h4-9,12-13H,2-3,10-11H2,1H3/b17-12-. The van der Waals surface area contributed by atoms with E-state index in [0.717, 1.165) is 30.1 Å². The van der Waals surface area contributed by atoms with Gasteiger partial charge in [0.2, 0.25) is 0 Å². The Balaban J connectivity index is 1.95. The Hall–Kier alpha value is -2.80. The number of halogens is 1. The Morgan fingerprint density at radius 1 is 1.17 bits per heavy atom. The van der Waals surface area contributed by atoms with Crippen LogP contribution >= 0.6 is 0 Å². The van der Waals surface area contributed by atoms with Crippen molar-refractivity contribution >= 4 is 17.3 Å². The summed E-state index contributed by atoms with van der Waals surface area (Å²) in [5, 5.41) is 9.44. The van der Waals surface area contributed by atoms with E-state index in [1.165, 1.54) is 25.0 Å². The van der Waals surface area contributed by atoms with Gasteiger partial charge in [0.25, 0.3) is 0 Å². The van der Waals surface area contributed by atoms with Crippen molar-refractivity contribution in [2.24, 2.45) is 0 Å². The highest BCUT2D eigenvalue weighted by Crippen LogP contribution is 2.30. The number of ether oxygens (including phenoxy) is 1. The summed E-state index contributed by atoms with van der Waals surface area (Å²) in [5.41, 5.74) is 3.13. The summed E-state index contributed by atoms with van der Waals surface area (Å²) in [7, 11) is 1.63. The number of nitrogens with zero attached hydrogens (tertiary/aromatic N) is 2. The van der Waals surface area contributed by atoms with E-state index in [4.69, 9.17) is 4.74 Å². The molecule has 0 aromatic heterocycles. The van der Waals surface area contributed by atoms with Crippen molar-refractivity contribution in [1.29, 1.82) is 5.26 Å². The lowest BCUT2D eigenvalue weighted by molar-refractivity contribution is 0.414. The average molecular weight is 322 g/mol. The van der Waals surface area contributed by atoms with Gasteiger partial charge < -0.3 is 9.64 Å². The molecule has 4 heteroatoms. The zero-order valence-electron chi connectivity index (χ0n) is 13.6. The van der Waals surface area contributed by atoms with Crippen molar-refractivity contribution in [1.82, 2.24) is 0 Å². The fourth-order valence-electron chi connectivity index (χ4n) is 2.96. The molecule has 0 radical (unpaired) electrons. The van der Waals surface area contributed by atoms with Crippen LogP contribution in [0.4, 0.5) is 10.1 Å². The first-order valence-electron chi connectivity index (χ1n) is 8.02. The zero-order chi connectivity index (χ0) is 16.9. The Labute approximate surface area is 141 Å². The highest BCUT2D eigenvalue weighted by Gasteiger charge is 2.14. The number of hydrogen-bond donors (Lipinski definition) is 0. The van der Waals surface area contributed by atoms with Crippen LogP contribution in [0.2, 0.25) is 0 Å². The first kappa shape index (κ1) is 16.1. The quantitative estimate of drug-likeness (QED) is 0.614. The van der Waals surface area contributed by atoms with Gasteiger partial charge in [-0.3, -0.25) is 0 Å². The zero-order valence-corrected chi connectivity index (χ0v) is 13.6. The van der Waals surface area contributed by atoms with Crippen LogP contribution in [0.1, 0.15) is 24.0 Å². The molecule has 0 aliphatic carbocycles. The molecule has 24 heavy (non-hydrogen) atoms. The number of rotatable bonds is 4. The van der Waals surface area contributed by atoms with Crippen molar-refractivity contribution in [3.8, 4) is 11.8 Å². The maximum atomic E-state index is 13.1. The van der Waals surface area contributed by atoms with Gasteiger partial charge in [-0.1, -0.05) is 12.1 Å². The third kappa shape index (κ3) is 3.41. The molecule has 2 aromatic carbocycles. The van der Waals surface area contributed by atoms with Crippen molar-refractivity contribution in [3.63, 3.8) is 0 Å². The van der Waals surface area contributed by atoms with Gasteiger partial charge in [0, 0.05) is 30.4 Å². The van der Waals surface area contributed by atoms with Crippen LogP contribution < -0.4 is 9.64 Å². The van der Waals surface area contributed by atoms with Gasteiger partial charge in [-0.15, -0.1) is 0 Å². The molecular weight excluding hydrogens is 303 g/mol. The van der Waals surface area contributed by atoms with Crippen LogP contribution in [0, 0.1) is 17.1 Å². The minimum Gasteiger partial charge on any atom is -0.496 e. The Morgan fingerprint density at radius 3 is 2.50 bits per heavy atom. The maximum absolute atomic E-state index is 13.1. The highest BCUT2D eigenvalue weighted by atomic mass is 19.1. The number of allylic oxidation sites excluding steroid dienone is 1. The number of nitriles is 1. The van der Waals surface area contributed by atoms with Gasteiger partial charge in [0.1, 0.15) is 11.6 Å². The van der Waals surface area contributed by atoms with Crippen LogP contribution in [0.25, 0.3) is 11.6 Å². The first-order valence-corrected chi connectivity index (χ1v) is 8.02. The number of hydrogen-bond acceptors (Lipinski definition) is 3. The monoisotopic (exact) mass is 322 g/mol. The number of methoxy groups -OCH3 is 1. The molecule has 3 rings (SSSR count). The normalized spacial score (nSPS) is 14.5. The Morgan fingerprint density at radius 2 is 1.88 bits per heavy atom. The summed E-state index contributed by atoms with van der Waals surface area (Å²) in [6.07, 6.45) is 4.21. The second kappa shape index (κ2) is 7.18. The summed E-state index contributed by atoms with van der Waals surface area (Å²) in [4.78, 5) is 2.33. The summed E-state index contributed by atoms with van der Waals surface area (Å²) in [6, 6.07) is 14.1. The fourth-order valence-corrected chi connectivity index (χ4v) is 2.96. The van der Waals surface area contributed by atoms with E-state index in [1.54, 1.807) is 25.3 Å². The molecule has 0 atom stereocenters.